The van der Waals surface area contributed by atoms with Gasteiger partial charge in [-0.25, -0.2) is 4.98 Å². The lowest BCUT2D eigenvalue weighted by atomic mass is 10.2. The van der Waals surface area contributed by atoms with Crippen molar-refractivity contribution in [3.63, 3.8) is 0 Å². The number of anilines is 1. The lowest BCUT2D eigenvalue weighted by molar-refractivity contribution is 0.282. The maximum Gasteiger partial charge on any atom is 0.184 e. The number of fused-ring (bicyclic) bond motifs is 1. The van der Waals surface area contributed by atoms with E-state index in [9.17, 15) is 0 Å². The smallest absolute Gasteiger partial charge is 0.184 e. The Bertz CT molecular complexity index is 433. The number of nitrogens with zero attached hydrogens (tertiary/aromatic N) is 1. The first-order valence-electron chi connectivity index (χ1n) is 5.55. The Morgan fingerprint density at radius 2 is 2.29 bits per heavy atom. The Labute approximate surface area is 109 Å². The van der Waals surface area contributed by atoms with Crippen LogP contribution < -0.4 is 5.32 Å². The van der Waals surface area contributed by atoms with Gasteiger partial charge in [-0.05, 0) is 24.8 Å². The fraction of sp³-hybridized carbons (Fsp3) is 0.417. The molecule has 0 aliphatic heterocycles. The largest absolute Gasteiger partial charge is 0.396 e. The van der Waals surface area contributed by atoms with Crippen LogP contribution in [0.15, 0.2) is 24.3 Å². The van der Waals surface area contributed by atoms with Crippen molar-refractivity contribution in [2.24, 2.45) is 0 Å². The van der Waals surface area contributed by atoms with E-state index in [-0.39, 0.29) is 12.6 Å². The minimum Gasteiger partial charge on any atom is -0.396 e. The molecular weight excluding hydrogens is 252 g/mol. The molecule has 2 rings (SSSR count). The van der Waals surface area contributed by atoms with Gasteiger partial charge in [0.05, 0.1) is 10.2 Å². The van der Waals surface area contributed by atoms with E-state index in [2.05, 4.69) is 22.6 Å². The van der Waals surface area contributed by atoms with Crippen LogP contribution in [-0.4, -0.2) is 34.7 Å². The van der Waals surface area contributed by atoms with Crippen molar-refractivity contribution in [1.82, 2.24) is 4.98 Å². The van der Waals surface area contributed by atoms with Crippen LogP contribution in [0.4, 0.5) is 5.13 Å². The fourth-order valence-corrected chi connectivity index (χ4v) is 3.26. The second-order valence-electron chi connectivity index (χ2n) is 3.80. The standard InChI is InChI=1S/C12H16N2OS2/c1-16-8-9(6-7-15)13-12-14-10-4-2-3-5-11(10)17-12/h2-5,9,15H,6-8H2,1H3,(H,13,14)/t9-/m0/s1. The molecule has 2 aromatic rings. The molecule has 3 nitrogen and oxygen atoms in total. The molecule has 0 aliphatic rings. The summed E-state index contributed by atoms with van der Waals surface area (Å²) in [5, 5.41) is 13.4. The third kappa shape index (κ3) is 3.34. The van der Waals surface area contributed by atoms with Gasteiger partial charge in [0.25, 0.3) is 0 Å². The lowest BCUT2D eigenvalue weighted by Gasteiger charge is -2.15. The first-order chi connectivity index (χ1) is 8.33. The number of nitrogens with one attached hydrogen (secondary N) is 1. The molecule has 0 spiro atoms. The van der Waals surface area contributed by atoms with Crippen LogP contribution in [0.3, 0.4) is 0 Å². The second kappa shape index (κ2) is 6.23. The number of aliphatic hydroxyl groups excluding tert-OH is 1. The van der Waals surface area contributed by atoms with Crippen molar-refractivity contribution >= 4 is 38.4 Å². The Morgan fingerprint density at radius 1 is 1.47 bits per heavy atom. The number of benzene rings is 1. The topological polar surface area (TPSA) is 45.1 Å². The van der Waals surface area contributed by atoms with E-state index in [4.69, 9.17) is 5.11 Å². The molecule has 0 unspecified atom stereocenters. The highest BCUT2D eigenvalue weighted by Gasteiger charge is 2.10. The van der Waals surface area contributed by atoms with Gasteiger partial charge in [-0.3, -0.25) is 0 Å². The number of thioether (sulfide) groups is 1. The summed E-state index contributed by atoms with van der Waals surface area (Å²) >= 11 is 3.44. The van der Waals surface area contributed by atoms with E-state index < -0.39 is 0 Å². The molecule has 1 heterocycles. The van der Waals surface area contributed by atoms with Crippen LogP contribution in [0, 0.1) is 0 Å². The van der Waals surface area contributed by atoms with E-state index in [0.29, 0.717) is 0 Å². The van der Waals surface area contributed by atoms with Gasteiger partial charge >= 0.3 is 0 Å². The van der Waals surface area contributed by atoms with Gasteiger partial charge < -0.3 is 10.4 Å². The van der Waals surface area contributed by atoms with Gasteiger partial charge in [0.2, 0.25) is 0 Å². The number of thiazole rings is 1. The maximum absolute atomic E-state index is 9.01. The minimum absolute atomic E-state index is 0.211. The quantitative estimate of drug-likeness (QED) is 0.845. The highest BCUT2D eigenvalue weighted by atomic mass is 32.2. The highest BCUT2D eigenvalue weighted by Crippen LogP contribution is 2.26. The average Bonchev–Trinajstić information content (AvgIpc) is 2.71. The summed E-state index contributed by atoms with van der Waals surface area (Å²) in [5.41, 5.74) is 1.03. The summed E-state index contributed by atoms with van der Waals surface area (Å²) in [4.78, 5) is 4.53. The van der Waals surface area contributed by atoms with Crippen LogP contribution in [0.25, 0.3) is 10.2 Å². The summed E-state index contributed by atoms with van der Waals surface area (Å²) in [6, 6.07) is 8.41. The van der Waals surface area contributed by atoms with E-state index in [0.717, 1.165) is 22.8 Å². The van der Waals surface area contributed by atoms with Gasteiger partial charge in [0, 0.05) is 18.4 Å². The van der Waals surface area contributed by atoms with Crippen molar-refractivity contribution < 1.29 is 5.11 Å². The van der Waals surface area contributed by atoms with Crippen LogP contribution >= 0.6 is 23.1 Å². The molecule has 1 aromatic carbocycles. The number of aliphatic hydroxyl groups is 1. The van der Waals surface area contributed by atoms with Gasteiger partial charge in [-0.1, -0.05) is 23.5 Å². The van der Waals surface area contributed by atoms with Crippen LogP contribution in [0.2, 0.25) is 0 Å². The SMILES string of the molecule is CSC[C@H](CCO)Nc1nc2ccccc2s1. The zero-order valence-corrected chi connectivity index (χ0v) is 11.4. The molecule has 0 amide bonds. The third-order valence-electron chi connectivity index (χ3n) is 2.47. The van der Waals surface area contributed by atoms with E-state index >= 15 is 0 Å². The number of hydrogen-bond acceptors (Lipinski definition) is 5. The summed E-state index contributed by atoms with van der Waals surface area (Å²) < 4.78 is 1.20. The summed E-state index contributed by atoms with van der Waals surface area (Å²) in [6.45, 7) is 0.211. The Balaban J connectivity index is 2.10. The van der Waals surface area contributed by atoms with E-state index in [1.54, 1.807) is 23.1 Å². The van der Waals surface area contributed by atoms with Crippen LogP contribution in [-0.2, 0) is 0 Å². The first kappa shape index (κ1) is 12.7. The monoisotopic (exact) mass is 268 g/mol. The maximum atomic E-state index is 9.01. The molecule has 1 aromatic heterocycles. The van der Waals surface area contributed by atoms with Gasteiger partial charge in [-0.2, -0.15) is 11.8 Å². The number of rotatable bonds is 6. The Hall–Kier alpha value is -0.780. The van der Waals surface area contributed by atoms with Crippen LogP contribution in [0.5, 0.6) is 0 Å². The molecule has 0 saturated heterocycles. The average molecular weight is 268 g/mol. The molecule has 1 atom stereocenters. The van der Waals surface area contributed by atoms with Crippen molar-refractivity contribution in [3.05, 3.63) is 24.3 Å². The third-order valence-corrected chi connectivity index (χ3v) is 4.17. The number of hydrogen-bond donors (Lipinski definition) is 2. The highest BCUT2D eigenvalue weighted by molar-refractivity contribution is 7.98. The van der Waals surface area contributed by atoms with Gasteiger partial charge in [0.1, 0.15) is 0 Å². The number of para-hydroxylation sites is 1. The molecule has 17 heavy (non-hydrogen) atoms. The molecule has 0 bridgehead atoms. The van der Waals surface area contributed by atoms with Crippen molar-refractivity contribution in [3.8, 4) is 0 Å². The fourth-order valence-electron chi connectivity index (χ4n) is 1.66. The molecular formula is C12H16N2OS2. The summed E-state index contributed by atoms with van der Waals surface area (Å²) in [6.07, 6.45) is 2.83. The van der Waals surface area contributed by atoms with Crippen molar-refractivity contribution in [1.29, 1.82) is 0 Å². The lowest BCUT2D eigenvalue weighted by Crippen LogP contribution is -2.23. The van der Waals surface area contributed by atoms with Gasteiger partial charge in [-0.15, -0.1) is 0 Å². The molecule has 92 valence electrons. The molecule has 0 saturated carbocycles. The predicted molar refractivity (Wildman–Crippen MR) is 77.1 cm³/mol. The van der Waals surface area contributed by atoms with Crippen LogP contribution in [0.1, 0.15) is 6.42 Å². The molecule has 0 radical (unpaired) electrons. The van der Waals surface area contributed by atoms with Crippen molar-refractivity contribution in [2.45, 2.75) is 12.5 Å². The normalized spacial score (nSPS) is 12.8. The van der Waals surface area contributed by atoms with Gasteiger partial charge in [0.15, 0.2) is 5.13 Å². The predicted octanol–water partition coefficient (Wildman–Crippen LogP) is 2.82. The zero-order valence-electron chi connectivity index (χ0n) is 9.72. The van der Waals surface area contributed by atoms with E-state index in [1.807, 2.05) is 18.2 Å². The number of aromatic nitrogens is 1. The first-order valence-corrected chi connectivity index (χ1v) is 7.76. The Kier molecular flexibility index (Phi) is 4.65. The minimum atomic E-state index is 0.211. The molecule has 0 fully saturated rings. The summed E-state index contributed by atoms with van der Waals surface area (Å²) in [5.74, 6) is 0.983. The molecule has 5 heteroatoms. The molecule has 0 aliphatic carbocycles. The second-order valence-corrected chi connectivity index (χ2v) is 5.74. The van der Waals surface area contributed by atoms with Crippen molar-refractivity contribution in [2.75, 3.05) is 23.9 Å². The Morgan fingerprint density at radius 3 is 3.00 bits per heavy atom. The molecule has 2 N–H and O–H groups in total. The zero-order chi connectivity index (χ0) is 12.1. The summed E-state index contributed by atoms with van der Waals surface area (Å²) in [7, 11) is 0. The van der Waals surface area contributed by atoms with E-state index in [1.165, 1.54) is 4.70 Å².